The molecule has 1 saturated heterocycles. The van der Waals surface area contributed by atoms with Crippen LogP contribution in [0.3, 0.4) is 0 Å². The minimum atomic E-state index is -4.92. The summed E-state index contributed by atoms with van der Waals surface area (Å²) < 4.78 is 84.7. The summed E-state index contributed by atoms with van der Waals surface area (Å²) in [5.41, 5.74) is -2.06. The third-order valence-electron chi connectivity index (χ3n) is 4.98. The summed E-state index contributed by atoms with van der Waals surface area (Å²) in [7, 11) is 0. The summed E-state index contributed by atoms with van der Waals surface area (Å²) >= 11 is 6.65. The molecule has 16 heteroatoms. The van der Waals surface area contributed by atoms with E-state index in [2.05, 4.69) is 10.6 Å². The molecule has 1 fully saturated rings. The maximum Gasteiger partial charge on any atom is 0.418 e. The largest absolute Gasteiger partial charge is 0.418 e. The highest BCUT2D eigenvalue weighted by Crippen LogP contribution is 2.38. The average Bonchev–Trinajstić information content (AvgIpc) is 3.24. The lowest BCUT2D eigenvalue weighted by Crippen LogP contribution is -2.50. The number of carbonyl (C=O) groups excluding carboxylic acids is 3. The molecule has 0 aliphatic carbocycles. The van der Waals surface area contributed by atoms with Crippen LogP contribution in [0.25, 0.3) is 0 Å². The lowest BCUT2D eigenvalue weighted by atomic mass is 10.1. The monoisotopic (exact) mass is 572 g/mol. The fourth-order valence-electron chi connectivity index (χ4n) is 3.29. The summed E-state index contributed by atoms with van der Waals surface area (Å²) in [5.74, 6) is -2.52. The van der Waals surface area contributed by atoms with E-state index in [1.807, 2.05) is 5.32 Å². The minimum Gasteiger partial charge on any atom is -0.370 e. The van der Waals surface area contributed by atoms with Gasteiger partial charge in [-0.2, -0.15) is 26.3 Å². The zero-order valence-electron chi connectivity index (χ0n) is 18.6. The predicted octanol–water partition coefficient (Wildman–Crippen LogP) is 3.67. The van der Waals surface area contributed by atoms with Crippen molar-refractivity contribution in [3.8, 4) is 0 Å². The average molecular weight is 573 g/mol. The van der Waals surface area contributed by atoms with E-state index in [1.54, 1.807) is 0 Å². The number of benzene rings is 1. The standard InChI is InChI=1S/C21H19ClF6N4O4S/c22-16-4-3-15(37-16)19(35)29-8-13(30-10-20(23,24)25)18(34)31-11-1-2-14(12(7-11)21(26,27)28)32-5-6-36-9-17(32)33/h1-4,7,13,30H,5-6,8-10H2,(H,29,35)(H,31,34)/t13-/m1/s1. The molecule has 2 heterocycles. The lowest BCUT2D eigenvalue weighted by Gasteiger charge is -2.29. The van der Waals surface area contributed by atoms with Crippen LogP contribution < -0.4 is 20.9 Å². The molecule has 8 nitrogen and oxygen atoms in total. The smallest absolute Gasteiger partial charge is 0.370 e. The zero-order chi connectivity index (χ0) is 27.4. The number of hydrogen-bond acceptors (Lipinski definition) is 6. The second kappa shape index (κ2) is 11.7. The molecule has 37 heavy (non-hydrogen) atoms. The van der Waals surface area contributed by atoms with Crippen molar-refractivity contribution in [3.05, 3.63) is 45.1 Å². The van der Waals surface area contributed by atoms with E-state index in [0.717, 1.165) is 28.4 Å². The Morgan fingerprint density at radius 3 is 2.46 bits per heavy atom. The van der Waals surface area contributed by atoms with Gasteiger partial charge in [0.15, 0.2) is 0 Å². The maximum atomic E-state index is 13.8. The molecular formula is C21H19ClF6N4O4S. The van der Waals surface area contributed by atoms with E-state index in [9.17, 15) is 40.7 Å². The van der Waals surface area contributed by atoms with Crippen molar-refractivity contribution >= 4 is 52.0 Å². The number of thiophene rings is 1. The molecule has 0 spiro atoms. The first-order valence-corrected chi connectivity index (χ1v) is 11.7. The number of hydrogen-bond donors (Lipinski definition) is 3. The van der Waals surface area contributed by atoms with Crippen LogP contribution in [-0.4, -0.2) is 62.8 Å². The highest BCUT2D eigenvalue weighted by atomic mass is 35.5. The van der Waals surface area contributed by atoms with Crippen LogP contribution in [0.1, 0.15) is 15.2 Å². The minimum absolute atomic E-state index is 0.0253. The van der Waals surface area contributed by atoms with Gasteiger partial charge in [0.1, 0.15) is 12.6 Å². The number of amides is 3. The van der Waals surface area contributed by atoms with Gasteiger partial charge in [-0.25, -0.2) is 0 Å². The first-order valence-electron chi connectivity index (χ1n) is 10.5. The van der Waals surface area contributed by atoms with Crippen molar-refractivity contribution in [3.63, 3.8) is 0 Å². The Kier molecular flexibility index (Phi) is 9.05. The summed E-state index contributed by atoms with van der Waals surface area (Å²) in [6.45, 7) is -2.70. The van der Waals surface area contributed by atoms with Crippen molar-refractivity contribution in [2.75, 3.05) is 43.1 Å². The first kappa shape index (κ1) is 28.7. The summed E-state index contributed by atoms with van der Waals surface area (Å²) in [4.78, 5) is 38.0. The van der Waals surface area contributed by atoms with Crippen molar-refractivity contribution in [2.24, 2.45) is 0 Å². The molecule has 1 aliphatic rings. The number of carbonyl (C=O) groups is 3. The number of nitrogens with zero attached hydrogens (tertiary/aromatic N) is 1. The second-order valence-corrected chi connectivity index (χ2v) is 9.39. The molecule has 2 aromatic rings. The molecule has 0 unspecified atom stereocenters. The van der Waals surface area contributed by atoms with E-state index in [-0.39, 0.29) is 28.1 Å². The van der Waals surface area contributed by atoms with E-state index in [4.69, 9.17) is 16.3 Å². The van der Waals surface area contributed by atoms with Gasteiger partial charge >= 0.3 is 12.4 Å². The normalized spacial score (nSPS) is 15.4. The van der Waals surface area contributed by atoms with Crippen LogP contribution in [0.15, 0.2) is 30.3 Å². The SMILES string of the molecule is O=C(NC[C@@H](NCC(F)(F)F)C(=O)Nc1ccc(N2CCOCC2=O)c(C(F)(F)F)c1)c1ccc(Cl)s1. The number of ether oxygens (including phenoxy) is 1. The topological polar surface area (TPSA) is 99.8 Å². The lowest BCUT2D eigenvalue weighted by molar-refractivity contribution is -0.137. The first-order chi connectivity index (χ1) is 17.2. The van der Waals surface area contributed by atoms with Crippen molar-refractivity contribution < 1.29 is 45.5 Å². The van der Waals surface area contributed by atoms with Gasteiger partial charge in [-0.3, -0.25) is 19.7 Å². The molecule has 0 radical (unpaired) electrons. The number of anilines is 2. The van der Waals surface area contributed by atoms with Gasteiger partial charge in [-0.05, 0) is 30.3 Å². The summed E-state index contributed by atoms with van der Waals surface area (Å²) in [6, 6.07) is 3.78. The van der Waals surface area contributed by atoms with Crippen molar-refractivity contribution in [2.45, 2.75) is 18.4 Å². The third kappa shape index (κ3) is 8.05. The predicted molar refractivity (Wildman–Crippen MR) is 123 cm³/mol. The van der Waals surface area contributed by atoms with E-state index in [0.29, 0.717) is 6.07 Å². The fourth-order valence-corrected chi connectivity index (χ4v) is 4.25. The quantitative estimate of drug-likeness (QED) is 0.419. The van der Waals surface area contributed by atoms with Gasteiger partial charge in [-0.1, -0.05) is 11.6 Å². The number of nitrogens with one attached hydrogen (secondary N) is 3. The Morgan fingerprint density at radius 2 is 1.86 bits per heavy atom. The second-order valence-electron chi connectivity index (χ2n) is 7.68. The number of alkyl halides is 6. The zero-order valence-corrected chi connectivity index (χ0v) is 20.2. The third-order valence-corrected chi connectivity index (χ3v) is 6.21. The van der Waals surface area contributed by atoms with Crippen LogP contribution in [-0.2, 0) is 20.5 Å². The Balaban J connectivity index is 1.79. The van der Waals surface area contributed by atoms with Gasteiger partial charge < -0.3 is 20.3 Å². The van der Waals surface area contributed by atoms with E-state index >= 15 is 0 Å². The Morgan fingerprint density at radius 1 is 1.14 bits per heavy atom. The molecule has 0 saturated carbocycles. The molecule has 1 aliphatic heterocycles. The van der Waals surface area contributed by atoms with E-state index < -0.39 is 67.1 Å². The Labute approximate surface area is 214 Å². The fraction of sp³-hybridized carbons (Fsp3) is 0.381. The Hall–Kier alpha value is -2.88. The van der Waals surface area contributed by atoms with Crippen molar-refractivity contribution in [1.82, 2.24) is 10.6 Å². The molecule has 0 bridgehead atoms. The molecule has 3 rings (SSSR count). The molecule has 202 valence electrons. The van der Waals surface area contributed by atoms with Crippen molar-refractivity contribution in [1.29, 1.82) is 0 Å². The maximum absolute atomic E-state index is 13.8. The highest BCUT2D eigenvalue weighted by molar-refractivity contribution is 7.18. The molecule has 3 N–H and O–H groups in total. The van der Waals surface area contributed by atoms with Crippen LogP contribution in [0.5, 0.6) is 0 Å². The van der Waals surface area contributed by atoms with Gasteiger partial charge in [0, 0.05) is 18.8 Å². The number of rotatable bonds is 8. The highest BCUT2D eigenvalue weighted by Gasteiger charge is 2.37. The van der Waals surface area contributed by atoms with Gasteiger partial charge in [0.05, 0.1) is 33.6 Å². The molecule has 1 aromatic heterocycles. The van der Waals surface area contributed by atoms with Crippen LogP contribution >= 0.6 is 22.9 Å². The van der Waals surface area contributed by atoms with Gasteiger partial charge in [0.2, 0.25) is 5.91 Å². The Bertz CT molecular complexity index is 1160. The molecule has 3 amide bonds. The molecule has 1 aromatic carbocycles. The van der Waals surface area contributed by atoms with Crippen LogP contribution in [0.4, 0.5) is 37.7 Å². The van der Waals surface area contributed by atoms with Gasteiger partial charge in [-0.15, -0.1) is 11.3 Å². The summed E-state index contributed by atoms with van der Waals surface area (Å²) in [5, 5.41) is 6.37. The number of halogens is 7. The molecular weight excluding hydrogens is 554 g/mol. The van der Waals surface area contributed by atoms with Gasteiger partial charge in [0.25, 0.3) is 11.8 Å². The van der Waals surface area contributed by atoms with Crippen LogP contribution in [0, 0.1) is 0 Å². The molecule has 1 atom stereocenters. The number of morpholine rings is 1. The van der Waals surface area contributed by atoms with E-state index in [1.165, 1.54) is 12.1 Å². The summed E-state index contributed by atoms with van der Waals surface area (Å²) in [6.07, 6.45) is -9.63. The van der Waals surface area contributed by atoms with Crippen LogP contribution in [0.2, 0.25) is 4.34 Å².